The van der Waals surface area contributed by atoms with Crippen molar-refractivity contribution in [1.29, 1.82) is 0 Å². The third kappa shape index (κ3) is 1.92. The van der Waals surface area contributed by atoms with E-state index >= 15 is 0 Å². The second-order valence-electron chi connectivity index (χ2n) is 5.45. The van der Waals surface area contributed by atoms with Gasteiger partial charge in [-0.15, -0.1) is 0 Å². The molecule has 2 aliphatic carbocycles. The number of ether oxygens (including phenoxy) is 1. The zero-order valence-electron chi connectivity index (χ0n) is 9.80. The summed E-state index contributed by atoms with van der Waals surface area (Å²) < 4.78 is 5.22. The Bertz CT molecular complexity index is 348. The first-order valence-electron chi connectivity index (χ1n) is 6.34. The van der Waals surface area contributed by atoms with Gasteiger partial charge in [0.25, 0.3) is 0 Å². The number of hydrogen-bond acceptors (Lipinski definition) is 3. The molecule has 2 saturated carbocycles. The number of amides is 2. The Morgan fingerprint density at radius 3 is 2.53 bits per heavy atom. The summed E-state index contributed by atoms with van der Waals surface area (Å²) in [6, 6.07) is -0.562. The zero-order chi connectivity index (χ0) is 12.0. The van der Waals surface area contributed by atoms with Crippen molar-refractivity contribution >= 4 is 11.8 Å². The quantitative estimate of drug-likeness (QED) is 0.720. The highest BCUT2D eigenvalue weighted by molar-refractivity contribution is 5.88. The van der Waals surface area contributed by atoms with Gasteiger partial charge in [0.15, 0.2) is 0 Å². The Morgan fingerprint density at radius 2 is 1.88 bits per heavy atom. The fraction of sp³-hybridized carbons (Fsp3) is 0.833. The molecule has 0 radical (unpaired) electrons. The molecule has 0 spiro atoms. The number of primary amides is 1. The fourth-order valence-electron chi connectivity index (χ4n) is 3.25. The Kier molecular flexibility index (Phi) is 2.58. The SMILES string of the molecule is NC(=O)C1COCCN1C(=O)C1CC2CC2C1. The largest absolute Gasteiger partial charge is 0.377 e. The molecule has 5 heteroatoms. The molecule has 0 aromatic heterocycles. The van der Waals surface area contributed by atoms with Gasteiger partial charge in [-0.3, -0.25) is 9.59 Å². The number of carbonyl (C=O) groups is 2. The molecule has 3 rings (SSSR count). The lowest BCUT2D eigenvalue weighted by Crippen LogP contribution is -2.56. The summed E-state index contributed by atoms with van der Waals surface area (Å²) in [6.07, 6.45) is 3.31. The molecule has 0 aromatic rings. The topological polar surface area (TPSA) is 72.6 Å². The smallest absolute Gasteiger partial charge is 0.242 e. The molecule has 17 heavy (non-hydrogen) atoms. The molecule has 1 saturated heterocycles. The third-order valence-electron chi connectivity index (χ3n) is 4.33. The van der Waals surface area contributed by atoms with Crippen molar-refractivity contribution in [2.75, 3.05) is 19.8 Å². The molecular formula is C12H18N2O3. The summed E-state index contributed by atoms with van der Waals surface area (Å²) in [5, 5.41) is 0. The summed E-state index contributed by atoms with van der Waals surface area (Å²) in [5.41, 5.74) is 5.32. The highest BCUT2D eigenvalue weighted by atomic mass is 16.5. The van der Waals surface area contributed by atoms with Gasteiger partial charge in [-0.2, -0.15) is 0 Å². The van der Waals surface area contributed by atoms with E-state index in [0.717, 1.165) is 24.7 Å². The maximum atomic E-state index is 12.3. The van der Waals surface area contributed by atoms with Crippen molar-refractivity contribution in [3.8, 4) is 0 Å². The van der Waals surface area contributed by atoms with Crippen LogP contribution in [0.1, 0.15) is 19.3 Å². The molecule has 1 aliphatic heterocycles. The second kappa shape index (κ2) is 3.98. The standard InChI is InChI=1S/C12H18N2O3/c13-11(15)10-6-17-2-1-14(10)12(16)9-4-7-3-8(7)5-9/h7-10H,1-6H2,(H2,13,15). The fourth-order valence-corrected chi connectivity index (χ4v) is 3.25. The van der Waals surface area contributed by atoms with E-state index in [1.165, 1.54) is 6.42 Å². The number of rotatable bonds is 2. The molecule has 3 aliphatic rings. The van der Waals surface area contributed by atoms with Crippen LogP contribution in [0.4, 0.5) is 0 Å². The predicted molar refractivity (Wildman–Crippen MR) is 59.8 cm³/mol. The number of nitrogens with two attached hydrogens (primary N) is 1. The normalized spacial score (nSPS) is 39.9. The van der Waals surface area contributed by atoms with Crippen molar-refractivity contribution in [3.63, 3.8) is 0 Å². The third-order valence-corrected chi connectivity index (χ3v) is 4.33. The first kappa shape index (κ1) is 11.0. The molecule has 94 valence electrons. The van der Waals surface area contributed by atoms with Crippen molar-refractivity contribution in [2.24, 2.45) is 23.5 Å². The van der Waals surface area contributed by atoms with Gasteiger partial charge in [0.2, 0.25) is 11.8 Å². The van der Waals surface area contributed by atoms with Crippen molar-refractivity contribution in [1.82, 2.24) is 4.90 Å². The van der Waals surface area contributed by atoms with Crippen LogP contribution >= 0.6 is 0 Å². The molecule has 2 N–H and O–H groups in total. The van der Waals surface area contributed by atoms with Crippen LogP contribution in [0.5, 0.6) is 0 Å². The lowest BCUT2D eigenvalue weighted by molar-refractivity contribution is -0.150. The summed E-state index contributed by atoms with van der Waals surface area (Å²) in [4.78, 5) is 25.3. The molecule has 1 heterocycles. The summed E-state index contributed by atoms with van der Waals surface area (Å²) in [5.74, 6) is 1.33. The van der Waals surface area contributed by atoms with Gasteiger partial charge in [0, 0.05) is 12.5 Å². The minimum Gasteiger partial charge on any atom is -0.377 e. The van der Waals surface area contributed by atoms with Gasteiger partial charge in [-0.1, -0.05) is 0 Å². The lowest BCUT2D eigenvalue weighted by atomic mass is 10.0. The highest BCUT2D eigenvalue weighted by Crippen LogP contribution is 2.54. The van der Waals surface area contributed by atoms with E-state index in [0.29, 0.717) is 13.2 Å². The van der Waals surface area contributed by atoms with Gasteiger partial charge >= 0.3 is 0 Å². The van der Waals surface area contributed by atoms with E-state index in [9.17, 15) is 9.59 Å². The molecule has 0 bridgehead atoms. The van der Waals surface area contributed by atoms with Crippen molar-refractivity contribution < 1.29 is 14.3 Å². The first-order valence-corrected chi connectivity index (χ1v) is 6.34. The lowest BCUT2D eigenvalue weighted by Gasteiger charge is -2.35. The second-order valence-corrected chi connectivity index (χ2v) is 5.45. The first-order chi connectivity index (χ1) is 8.16. The van der Waals surface area contributed by atoms with Gasteiger partial charge in [0.1, 0.15) is 6.04 Å². The van der Waals surface area contributed by atoms with Crippen molar-refractivity contribution in [3.05, 3.63) is 0 Å². The summed E-state index contributed by atoms with van der Waals surface area (Å²) in [7, 11) is 0. The molecule has 5 nitrogen and oxygen atoms in total. The molecule has 3 unspecified atom stereocenters. The van der Waals surface area contributed by atoms with Gasteiger partial charge in [-0.05, 0) is 31.1 Å². The van der Waals surface area contributed by atoms with Gasteiger partial charge in [-0.25, -0.2) is 0 Å². The van der Waals surface area contributed by atoms with E-state index in [2.05, 4.69) is 0 Å². The molecule has 2 amide bonds. The number of nitrogens with zero attached hydrogens (tertiary/aromatic N) is 1. The van der Waals surface area contributed by atoms with E-state index in [4.69, 9.17) is 10.5 Å². The van der Waals surface area contributed by atoms with Crippen LogP contribution < -0.4 is 5.73 Å². The Balaban J connectivity index is 1.68. The van der Waals surface area contributed by atoms with Gasteiger partial charge in [0.05, 0.1) is 13.2 Å². The number of morpholine rings is 1. The minimum atomic E-state index is -0.562. The van der Waals surface area contributed by atoms with E-state index in [-0.39, 0.29) is 18.4 Å². The average Bonchev–Trinajstić information content (AvgIpc) is 2.95. The average molecular weight is 238 g/mol. The molecular weight excluding hydrogens is 220 g/mol. The Labute approximate surface area is 100 Å². The van der Waals surface area contributed by atoms with E-state index in [1.807, 2.05) is 0 Å². The monoisotopic (exact) mass is 238 g/mol. The van der Waals surface area contributed by atoms with E-state index < -0.39 is 11.9 Å². The van der Waals surface area contributed by atoms with Crippen LogP contribution in [0.15, 0.2) is 0 Å². The predicted octanol–water partition coefficient (Wildman–Crippen LogP) is -0.255. The maximum Gasteiger partial charge on any atom is 0.242 e. The number of hydrogen-bond donors (Lipinski definition) is 1. The van der Waals surface area contributed by atoms with Crippen molar-refractivity contribution in [2.45, 2.75) is 25.3 Å². The van der Waals surface area contributed by atoms with Crippen LogP contribution in [0.25, 0.3) is 0 Å². The van der Waals surface area contributed by atoms with Crippen LogP contribution in [0, 0.1) is 17.8 Å². The summed E-state index contributed by atoms with van der Waals surface area (Å²) in [6.45, 7) is 1.26. The van der Waals surface area contributed by atoms with Crippen LogP contribution in [-0.2, 0) is 14.3 Å². The van der Waals surface area contributed by atoms with Crippen LogP contribution in [-0.4, -0.2) is 42.5 Å². The van der Waals surface area contributed by atoms with E-state index in [1.54, 1.807) is 4.90 Å². The van der Waals surface area contributed by atoms with Gasteiger partial charge < -0.3 is 15.4 Å². The zero-order valence-corrected chi connectivity index (χ0v) is 9.80. The molecule has 3 atom stereocenters. The van der Waals surface area contributed by atoms with Crippen LogP contribution in [0.2, 0.25) is 0 Å². The molecule has 0 aromatic carbocycles. The number of carbonyl (C=O) groups excluding carboxylic acids is 2. The Hall–Kier alpha value is -1.10. The van der Waals surface area contributed by atoms with Crippen LogP contribution in [0.3, 0.4) is 0 Å². The number of fused-ring (bicyclic) bond motifs is 1. The highest BCUT2D eigenvalue weighted by Gasteiger charge is 2.49. The summed E-state index contributed by atoms with van der Waals surface area (Å²) >= 11 is 0. The molecule has 3 fully saturated rings. The minimum absolute atomic E-state index is 0.115. The maximum absolute atomic E-state index is 12.3. The Morgan fingerprint density at radius 1 is 1.18 bits per heavy atom.